The van der Waals surface area contributed by atoms with Gasteiger partial charge in [-0.2, -0.15) is 13.5 Å². The first kappa shape index (κ1) is 21.3. The quantitative estimate of drug-likeness (QED) is 0.462. The Hall–Kier alpha value is -3.98. The van der Waals surface area contributed by atoms with Gasteiger partial charge in [0.25, 0.3) is 15.9 Å². The molecule has 0 radical (unpaired) electrons. The smallest absolute Gasteiger partial charge is 0.285 e. The van der Waals surface area contributed by atoms with Crippen LogP contribution in [0, 0.1) is 0 Å². The van der Waals surface area contributed by atoms with Crippen molar-refractivity contribution >= 4 is 33.7 Å². The van der Waals surface area contributed by atoms with Crippen LogP contribution in [0.25, 0.3) is 0 Å². The van der Waals surface area contributed by atoms with E-state index < -0.39 is 15.9 Å². The first-order valence-corrected chi connectivity index (χ1v) is 11.1. The summed E-state index contributed by atoms with van der Waals surface area (Å²) in [5.41, 5.74) is 4.35. The Kier molecular flexibility index (Phi) is 6.00. The Balaban J connectivity index is 1.56. The van der Waals surface area contributed by atoms with E-state index in [1.807, 2.05) is 6.07 Å². The molecule has 0 spiro atoms. The molecule has 0 aromatic heterocycles. The number of sulfonamides is 1. The molecule has 162 valence electrons. The van der Waals surface area contributed by atoms with E-state index in [9.17, 15) is 13.2 Å². The van der Waals surface area contributed by atoms with Crippen LogP contribution in [0.3, 0.4) is 0 Å². The largest absolute Gasteiger partial charge is 0.497 e. The van der Waals surface area contributed by atoms with Gasteiger partial charge in [-0.15, -0.1) is 4.40 Å². The highest BCUT2D eigenvalue weighted by molar-refractivity contribution is 7.90. The van der Waals surface area contributed by atoms with Crippen LogP contribution in [0.15, 0.2) is 93.3 Å². The van der Waals surface area contributed by atoms with Crippen molar-refractivity contribution in [2.75, 3.05) is 18.6 Å². The molecule has 1 heterocycles. The first-order chi connectivity index (χ1) is 15.5. The van der Waals surface area contributed by atoms with Crippen molar-refractivity contribution in [3.05, 3.63) is 90.0 Å². The summed E-state index contributed by atoms with van der Waals surface area (Å²) in [5, 5.41) is 3.99. The average Bonchev–Trinajstić information content (AvgIpc) is 3.09. The third kappa shape index (κ3) is 4.52. The van der Waals surface area contributed by atoms with Crippen molar-refractivity contribution in [3.63, 3.8) is 0 Å². The monoisotopic (exact) mass is 448 g/mol. The van der Waals surface area contributed by atoms with E-state index in [1.165, 1.54) is 12.3 Å². The number of amides is 1. The Morgan fingerprint density at radius 1 is 1.03 bits per heavy atom. The molecule has 0 aliphatic carbocycles. The maximum absolute atomic E-state index is 12.7. The normalized spacial score (nSPS) is 14.0. The van der Waals surface area contributed by atoms with Gasteiger partial charge in [-0.1, -0.05) is 30.3 Å². The van der Waals surface area contributed by atoms with Crippen LogP contribution in [-0.2, 0) is 14.8 Å². The molecular weight excluding hydrogens is 428 g/mol. The van der Waals surface area contributed by atoms with Crippen molar-refractivity contribution in [2.45, 2.75) is 4.90 Å². The molecule has 1 aliphatic heterocycles. The van der Waals surface area contributed by atoms with Crippen LogP contribution in [0.5, 0.6) is 5.75 Å². The number of rotatable bonds is 6. The molecule has 1 amide bonds. The number of anilines is 1. The topological polar surface area (TPSA) is 100 Å². The summed E-state index contributed by atoms with van der Waals surface area (Å²) in [6.45, 7) is -0.174. The van der Waals surface area contributed by atoms with E-state index in [4.69, 9.17) is 4.74 Å². The zero-order chi connectivity index (χ0) is 22.6. The highest BCUT2D eigenvalue weighted by Gasteiger charge is 2.32. The minimum Gasteiger partial charge on any atom is -0.497 e. The number of hydrogen-bond donors (Lipinski definition) is 1. The molecule has 8 nitrogen and oxygen atoms in total. The predicted molar refractivity (Wildman–Crippen MR) is 123 cm³/mol. The Morgan fingerprint density at radius 2 is 1.72 bits per heavy atom. The van der Waals surface area contributed by atoms with Gasteiger partial charge >= 0.3 is 0 Å². The number of para-hydroxylation sites is 1. The zero-order valence-corrected chi connectivity index (χ0v) is 18.0. The summed E-state index contributed by atoms with van der Waals surface area (Å²) in [6, 6.07) is 22.7. The van der Waals surface area contributed by atoms with Crippen molar-refractivity contribution in [2.24, 2.45) is 9.50 Å². The van der Waals surface area contributed by atoms with Crippen LogP contribution in [-0.4, -0.2) is 40.0 Å². The van der Waals surface area contributed by atoms with Crippen LogP contribution >= 0.6 is 0 Å². The standard InChI is InChI=1S/C23H20N4O4S/c1-31-19-13-11-17(12-14-19)15-24-25-22(28)16-27(18-7-3-2-4-8-18)23-20-9-5-6-10-21(20)32(29,30)26-23/h2-15H,16H2,1H3,(H,25,28)/b24-15-. The summed E-state index contributed by atoms with van der Waals surface area (Å²) in [6.07, 6.45) is 1.51. The number of methoxy groups -OCH3 is 1. The molecule has 0 saturated carbocycles. The fourth-order valence-corrected chi connectivity index (χ4v) is 4.44. The molecule has 0 fully saturated rings. The molecule has 0 bridgehead atoms. The number of fused-ring (bicyclic) bond motifs is 1. The minimum absolute atomic E-state index is 0.119. The Morgan fingerprint density at radius 3 is 2.44 bits per heavy atom. The lowest BCUT2D eigenvalue weighted by atomic mass is 10.1. The van der Waals surface area contributed by atoms with E-state index in [0.717, 1.165) is 11.3 Å². The summed E-state index contributed by atoms with van der Waals surface area (Å²) in [4.78, 5) is 14.3. The fourth-order valence-electron chi connectivity index (χ4n) is 3.23. The van der Waals surface area contributed by atoms with Gasteiger partial charge in [-0.3, -0.25) is 4.79 Å². The van der Waals surface area contributed by atoms with Gasteiger partial charge in [0.2, 0.25) is 0 Å². The van der Waals surface area contributed by atoms with Gasteiger partial charge in [0.1, 0.15) is 17.2 Å². The molecule has 9 heteroatoms. The third-order valence-electron chi connectivity index (χ3n) is 4.76. The number of benzene rings is 3. The van der Waals surface area contributed by atoms with E-state index in [2.05, 4.69) is 14.9 Å². The third-order valence-corrected chi connectivity index (χ3v) is 6.08. The van der Waals surface area contributed by atoms with Crippen LogP contribution in [0.1, 0.15) is 11.1 Å². The molecule has 1 aliphatic rings. The van der Waals surface area contributed by atoms with Gasteiger partial charge in [0, 0.05) is 11.3 Å². The van der Waals surface area contributed by atoms with Gasteiger partial charge in [0.05, 0.1) is 13.3 Å². The number of carbonyl (C=O) groups is 1. The summed E-state index contributed by atoms with van der Waals surface area (Å²) < 4.78 is 34.1. The maximum Gasteiger partial charge on any atom is 0.285 e. The van der Waals surface area contributed by atoms with Crippen molar-refractivity contribution in [3.8, 4) is 5.75 Å². The molecule has 0 atom stereocenters. The SMILES string of the molecule is COc1ccc(/C=N\NC(=O)CN(C2=NS(=O)(=O)c3ccccc32)c2ccccc2)cc1. The van der Waals surface area contributed by atoms with Crippen molar-refractivity contribution < 1.29 is 17.9 Å². The molecule has 3 aromatic carbocycles. The Bertz CT molecular complexity index is 1290. The van der Waals surface area contributed by atoms with Gasteiger partial charge in [0.15, 0.2) is 5.84 Å². The fraction of sp³-hybridized carbons (Fsp3) is 0.0870. The number of nitrogens with one attached hydrogen (secondary N) is 1. The number of ether oxygens (including phenoxy) is 1. The number of hydrogen-bond acceptors (Lipinski definition) is 6. The number of nitrogens with zero attached hydrogens (tertiary/aromatic N) is 3. The predicted octanol–water partition coefficient (Wildman–Crippen LogP) is 2.80. The van der Waals surface area contributed by atoms with Crippen LogP contribution < -0.4 is 15.1 Å². The highest BCUT2D eigenvalue weighted by atomic mass is 32.2. The van der Waals surface area contributed by atoms with Gasteiger partial charge < -0.3 is 9.64 Å². The molecule has 3 aromatic rings. The number of amidine groups is 1. The summed E-state index contributed by atoms with van der Waals surface area (Å²) >= 11 is 0. The molecule has 4 rings (SSSR count). The zero-order valence-electron chi connectivity index (χ0n) is 17.2. The van der Waals surface area contributed by atoms with Crippen molar-refractivity contribution in [1.29, 1.82) is 0 Å². The van der Waals surface area contributed by atoms with Crippen LogP contribution in [0.2, 0.25) is 0 Å². The van der Waals surface area contributed by atoms with Gasteiger partial charge in [-0.05, 0) is 54.1 Å². The lowest BCUT2D eigenvalue weighted by molar-refractivity contribution is -0.119. The second-order valence-electron chi connectivity index (χ2n) is 6.87. The summed E-state index contributed by atoms with van der Waals surface area (Å²) in [7, 11) is -2.24. The van der Waals surface area contributed by atoms with E-state index in [0.29, 0.717) is 11.3 Å². The molecule has 32 heavy (non-hydrogen) atoms. The Labute approximate surface area is 185 Å². The molecule has 0 saturated heterocycles. The van der Waals surface area contributed by atoms with E-state index >= 15 is 0 Å². The second-order valence-corrected chi connectivity index (χ2v) is 8.45. The van der Waals surface area contributed by atoms with Crippen LogP contribution in [0.4, 0.5) is 5.69 Å². The molecule has 0 unspecified atom stereocenters. The summed E-state index contributed by atoms with van der Waals surface area (Å²) in [5.74, 6) is 0.487. The maximum atomic E-state index is 12.7. The lowest BCUT2D eigenvalue weighted by Crippen LogP contribution is -2.39. The second kappa shape index (κ2) is 9.03. The van der Waals surface area contributed by atoms with Gasteiger partial charge in [-0.25, -0.2) is 5.43 Å². The van der Waals surface area contributed by atoms with Crippen molar-refractivity contribution in [1.82, 2.24) is 5.43 Å². The minimum atomic E-state index is -3.83. The molecular formula is C23H20N4O4S. The van der Waals surface area contributed by atoms with E-state index in [1.54, 1.807) is 78.7 Å². The highest BCUT2D eigenvalue weighted by Crippen LogP contribution is 2.29. The number of carbonyl (C=O) groups excluding carboxylic acids is 1. The van der Waals surface area contributed by atoms with E-state index in [-0.39, 0.29) is 17.3 Å². The molecule has 1 N–H and O–H groups in total. The first-order valence-electron chi connectivity index (χ1n) is 9.71. The average molecular weight is 449 g/mol. The lowest BCUT2D eigenvalue weighted by Gasteiger charge is -2.23. The number of hydrazone groups is 1.